The van der Waals surface area contributed by atoms with Crippen molar-refractivity contribution in [3.8, 4) is 11.5 Å². The summed E-state index contributed by atoms with van der Waals surface area (Å²) in [5.41, 5.74) is 6.47. The zero-order valence-electron chi connectivity index (χ0n) is 14.6. The monoisotopic (exact) mass is 384 g/mol. The fourth-order valence-corrected chi connectivity index (χ4v) is 2.97. The van der Waals surface area contributed by atoms with Crippen molar-refractivity contribution in [3.05, 3.63) is 46.2 Å². The van der Waals surface area contributed by atoms with Crippen LogP contribution in [0.5, 0.6) is 11.5 Å². The molecule has 0 aliphatic rings. The lowest BCUT2D eigenvalue weighted by molar-refractivity contribution is -0.131. The number of carbonyl (C=O) groups excluding carboxylic acids is 1. The third kappa shape index (κ3) is 6.23. The molecule has 7 heteroatoms. The van der Waals surface area contributed by atoms with E-state index in [1.807, 2.05) is 42.6 Å². The number of hydrogen-bond acceptors (Lipinski definition) is 5. The molecule has 1 amide bonds. The van der Waals surface area contributed by atoms with Crippen LogP contribution < -0.4 is 15.2 Å². The van der Waals surface area contributed by atoms with E-state index >= 15 is 0 Å². The van der Waals surface area contributed by atoms with Crippen molar-refractivity contribution in [1.29, 1.82) is 0 Å². The Morgan fingerprint density at radius 2 is 2.08 bits per heavy atom. The average Bonchev–Trinajstić information content (AvgIpc) is 3.11. The van der Waals surface area contributed by atoms with Crippen molar-refractivity contribution in [2.45, 2.75) is 26.5 Å². The summed E-state index contributed by atoms with van der Waals surface area (Å²) in [5, 5.41) is 2.02. The summed E-state index contributed by atoms with van der Waals surface area (Å²) in [7, 11) is 1.62. The predicted molar refractivity (Wildman–Crippen MR) is 104 cm³/mol. The van der Waals surface area contributed by atoms with Crippen molar-refractivity contribution < 1.29 is 14.3 Å². The van der Waals surface area contributed by atoms with Crippen LogP contribution in [0.4, 0.5) is 0 Å². The lowest BCUT2D eigenvalue weighted by Crippen LogP contribution is -2.31. The largest absolute Gasteiger partial charge is 0.493 e. The number of methoxy groups -OCH3 is 1. The van der Waals surface area contributed by atoms with Crippen molar-refractivity contribution in [3.63, 3.8) is 0 Å². The third-order valence-corrected chi connectivity index (χ3v) is 4.49. The molecule has 0 unspecified atom stereocenters. The smallest absolute Gasteiger partial charge is 0.224 e. The van der Waals surface area contributed by atoms with Gasteiger partial charge in [-0.3, -0.25) is 4.79 Å². The number of ether oxygens (including phenoxy) is 2. The van der Waals surface area contributed by atoms with Crippen LogP contribution in [-0.2, 0) is 17.9 Å². The van der Waals surface area contributed by atoms with E-state index in [1.54, 1.807) is 23.3 Å². The quantitative estimate of drug-likeness (QED) is 0.719. The normalized spacial score (nSPS) is 10.0. The molecule has 0 fully saturated rings. The summed E-state index contributed by atoms with van der Waals surface area (Å²) in [5.74, 6) is 1.44. The van der Waals surface area contributed by atoms with Crippen molar-refractivity contribution >= 4 is 29.7 Å². The first-order chi connectivity index (χ1) is 11.7. The van der Waals surface area contributed by atoms with Gasteiger partial charge in [0.25, 0.3) is 0 Å². The topological polar surface area (TPSA) is 64.8 Å². The molecular weight excluding hydrogens is 360 g/mol. The molecule has 0 bridgehead atoms. The second-order valence-corrected chi connectivity index (χ2v) is 6.33. The molecule has 25 heavy (non-hydrogen) atoms. The third-order valence-electron chi connectivity index (χ3n) is 3.64. The molecule has 0 radical (unpaired) electrons. The number of hydrogen-bond donors (Lipinski definition) is 1. The van der Waals surface area contributed by atoms with Crippen molar-refractivity contribution in [2.24, 2.45) is 5.73 Å². The van der Waals surface area contributed by atoms with Crippen LogP contribution in [-0.4, -0.2) is 31.0 Å². The van der Waals surface area contributed by atoms with Gasteiger partial charge in [-0.05, 0) is 36.1 Å². The highest BCUT2D eigenvalue weighted by molar-refractivity contribution is 7.09. The molecule has 2 N–H and O–H groups in total. The number of nitrogens with two attached hydrogens (primary N) is 1. The van der Waals surface area contributed by atoms with Crippen LogP contribution >= 0.6 is 23.7 Å². The minimum Gasteiger partial charge on any atom is -0.493 e. The number of amides is 1. The summed E-state index contributed by atoms with van der Waals surface area (Å²) in [6, 6.07) is 9.81. The van der Waals surface area contributed by atoms with E-state index < -0.39 is 0 Å². The second kappa shape index (κ2) is 11.0. The van der Waals surface area contributed by atoms with E-state index in [4.69, 9.17) is 15.2 Å². The van der Waals surface area contributed by atoms with Gasteiger partial charge >= 0.3 is 0 Å². The Hall–Kier alpha value is -1.76. The van der Waals surface area contributed by atoms with E-state index in [-0.39, 0.29) is 18.3 Å². The van der Waals surface area contributed by atoms with Gasteiger partial charge in [-0.15, -0.1) is 23.7 Å². The van der Waals surface area contributed by atoms with Crippen LogP contribution in [0.1, 0.15) is 23.8 Å². The summed E-state index contributed by atoms with van der Waals surface area (Å²) in [6.45, 7) is 4.04. The molecular formula is C18H25ClN2O3S. The fraction of sp³-hybridized carbons (Fsp3) is 0.389. The highest BCUT2D eigenvalue weighted by Gasteiger charge is 2.13. The fourth-order valence-electron chi connectivity index (χ4n) is 2.35. The van der Waals surface area contributed by atoms with E-state index in [0.29, 0.717) is 44.2 Å². The van der Waals surface area contributed by atoms with Crippen LogP contribution in [0.15, 0.2) is 35.7 Å². The lowest BCUT2D eigenvalue weighted by Gasteiger charge is -2.21. The minimum absolute atomic E-state index is 0. The van der Waals surface area contributed by atoms with Gasteiger partial charge in [0.15, 0.2) is 11.5 Å². The van der Waals surface area contributed by atoms with Gasteiger partial charge in [-0.1, -0.05) is 12.1 Å². The first-order valence-corrected chi connectivity index (χ1v) is 8.85. The highest BCUT2D eigenvalue weighted by Crippen LogP contribution is 2.29. The van der Waals surface area contributed by atoms with E-state index in [2.05, 4.69) is 0 Å². The summed E-state index contributed by atoms with van der Waals surface area (Å²) in [4.78, 5) is 15.0. The van der Waals surface area contributed by atoms with E-state index in [0.717, 1.165) is 10.4 Å². The number of carbonyl (C=O) groups is 1. The molecule has 0 spiro atoms. The maximum atomic E-state index is 12.0. The first kappa shape index (κ1) is 21.3. The van der Waals surface area contributed by atoms with Gasteiger partial charge < -0.3 is 20.1 Å². The maximum absolute atomic E-state index is 12.0. The molecule has 1 aromatic heterocycles. The Morgan fingerprint density at radius 3 is 2.68 bits per heavy atom. The molecule has 5 nitrogen and oxygen atoms in total. The summed E-state index contributed by atoms with van der Waals surface area (Å²) >= 11 is 1.66. The number of benzene rings is 1. The van der Waals surface area contributed by atoms with Gasteiger partial charge in [0.2, 0.25) is 5.91 Å². The van der Waals surface area contributed by atoms with Crippen LogP contribution in [0.2, 0.25) is 0 Å². The molecule has 2 aromatic rings. The lowest BCUT2D eigenvalue weighted by atomic mass is 10.1. The molecule has 0 atom stereocenters. The maximum Gasteiger partial charge on any atom is 0.224 e. The standard InChI is InChI=1S/C18H24N2O3S.ClH/c1-3-20(18(21)8-9-19)12-14-6-7-16(17(11-14)22-2)23-13-15-5-4-10-24-15;/h4-7,10-11H,3,8-9,12-13,19H2,1-2H3;1H. The second-order valence-electron chi connectivity index (χ2n) is 5.30. The Labute approximate surface area is 159 Å². The Balaban J connectivity index is 0.00000312. The Kier molecular flexibility index (Phi) is 9.34. The molecule has 0 aliphatic heterocycles. The van der Waals surface area contributed by atoms with E-state index in [9.17, 15) is 4.79 Å². The van der Waals surface area contributed by atoms with Crippen molar-refractivity contribution in [1.82, 2.24) is 4.90 Å². The number of rotatable bonds is 9. The minimum atomic E-state index is 0. The molecule has 1 heterocycles. The van der Waals surface area contributed by atoms with Crippen LogP contribution in [0.3, 0.4) is 0 Å². The Bertz CT molecular complexity index is 650. The molecule has 0 saturated carbocycles. The zero-order valence-corrected chi connectivity index (χ0v) is 16.2. The zero-order chi connectivity index (χ0) is 17.4. The molecule has 0 aliphatic carbocycles. The predicted octanol–water partition coefficient (Wildman–Crippen LogP) is 3.45. The van der Waals surface area contributed by atoms with Gasteiger partial charge in [-0.2, -0.15) is 0 Å². The summed E-state index contributed by atoms with van der Waals surface area (Å²) in [6.07, 6.45) is 0.368. The van der Waals surface area contributed by atoms with E-state index in [1.165, 1.54) is 0 Å². The van der Waals surface area contributed by atoms with Gasteiger partial charge in [0.1, 0.15) is 6.61 Å². The molecule has 138 valence electrons. The molecule has 1 aromatic carbocycles. The van der Waals surface area contributed by atoms with Gasteiger partial charge in [-0.25, -0.2) is 0 Å². The SMILES string of the molecule is CCN(Cc1ccc(OCc2cccs2)c(OC)c1)C(=O)CCN.Cl. The molecule has 0 saturated heterocycles. The van der Waals surface area contributed by atoms with Crippen molar-refractivity contribution in [2.75, 3.05) is 20.2 Å². The van der Waals surface area contributed by atoms with Gasteiger partial charge in [0.05, 0.1) is 7.11 Å². The average molecular weight is 385 g/mol. The number of thiophene rings is 1. The van der Waals surface area contributed by atoms with Crippen LogP contribution in [0, 0.1) is 0 Å². The first-order valence-electron chi connectivity index (χ1n) is 7.97. The summed E-state index contributed by atoms with van der Waals surface area (Å²) < 4.78 is 11.3. The number of halogens is 1. The number of nitrogens with zero attached hydrogens (tertiary/aromatic N) is 1. The molecule has 2 rings (SSSR count). The Morgan fingerprint density at radius 1 is 1.28 bits per heavy atom. The van der Waals surface area contributed by atoms with Gasteiger partial charge in [0, 0.05) is 30.9 Å². The highest BCUT2D eigenvalue weighted by atomic mass is 35.5. The van der Waals surface area contributed by atoms with Crippen LogP contribution in [0.25, 0.3) is 0 Å².